The minimum atomic E-state index is 0.0309. The van der Waals surface area contributed by atoms with Crippen molar-refractivity contribution in [2.24, 2.45) is 7.05 Å². The maximum absolute atomic E-state index is 12.5. The van der Waals surface area contributed by atoms with Crippen molar-refractivity contribution in [3.8, 4) is 0 Å². The van der Waals surface area contributed by atoms with Crippen LogP contribution in [0.5, 0.6) is 0 Å². The van der Waals surface area contributed by atoms with Crippen molar-refractivity contribution in [3.05, 3.63) is 35.9 Å². The molecule has 0 radical (unpaired) electrons. The van der Waals surface area contributed by atoms with Gasteiger partial charge in [-0.3, -0.25) is 9.48 Å². The molecule has 1 saturated heterocycles. The monoisotopic (exact) mass is 314 g/mol. The van der Waals surface area contributed by atoms with Crippen molar-refractivity contribution in [2.75, 3.05) is 25.0 Å². The van der Waals surface area contributed by atoms with Gasteiger partial charge in [-0.15, -0.1) is 0 Å². The minimum absolute atomic E-state index is 0.0309. The smallest absolute Gasteiger partial charge is 0.257 e. The van der Waals surface area contributed by atoms with E-state index in [0.29, 0.717) is 5.56 Å². The van der Waals surface area contributed by atoms with E-state index in [2.05, 4.69) is 20.0 Å². The molecule has 7 heteroatoms. The third-order valence-corrected chi connectivity index (χ3v) is 4.35. The van der Waals surface area contributed by atoms with Gasteiger partial charge in [0.15, 0.2) is 0 Å². The standard InChI is InChI=1S/C16H22N6O/c1-12-4-7-17-16(19-12)22-8-5-14(6-9-22)21(3)15(23)13-10-18-20(2)11-13/h4,7,10-11,14H,5-6,8-9H2,1-3H3. The van der Waals surface area contributed by atoms with Gasteiger partial charge in [0.2, 0.25) is 5.95 Å². The fraction of sp³-hybridized carbons (Fsp3) is 0.500. The number of carbonyl (C=O) groups excluding carboxylic acids is 1. The van der Waals surface area contributed by atoms with Crippen molar-refractivity contribution in [2.45, 2.75) is 25.8 Å². The molecule has 1 amide bonds. The van der Waals surface area contributed by atoms with Crippen LogP contribution in [0.2, 0.25) is 0 Å². The highest BCUT2D eigenvalue weighted by molar-refractivity contribution is 5.93. The van der Waals surface area contributed by atoms with Gasteiger partial charge in [-0.25, -0.2) is 9.97 Å². The Hall–Kier alpha value is -2.44. The first kappa shape index (κ1) is 15.5. The Morgan fingerprint density at radius 3 is 2.70 bits per heavy atom. The number of piperidine rings is 1. The lowest BCUT2D eigenvalue weighted by Gasteiger charge is -2.36. The molecule has 1 aliphatic heterocycles. The molecule has 122 valence electrons. The van der Waals surface area contributed by atoms with Crippen LogP contribution in [0.1, 0.15) is 28.9 Å². The van der Waals surface area contributed by atoms with Crippen LogP contribution in [0, 0.1) is 6.92 Å². The predicted molar refractivity (Wildman–Crippen MR) is 87.3 cm³/mol. The Kier molecular flexibility index (Phi) is 4.27. The van der Waals surface area contributed by atoms with E-state index >= 15 is 0 Å². The maximum Gasteiger partial charge on any atom is 0.257 e. The number of hydrogen-bond donors (Lipinski definition) is 0. The normalized spacial score (nSPS) is 15.7. The summed E-state index contributed by atoms with van der Waals surface area (Å²) in [6.45, 7) is 3.69. The molecule has 1 aliphatic rings. The molecule has 7 nitrogen and oxygen atoms in total. The van der Waals surface area contributed by atoms with Crippen LogP contribution >= 0.6 is 0 Å². The molecule has 0 saturated carbocycles. The lowest BCUT2D eigenvalue weighted by atomic mass is 10.0. The Labute approximate surface area is 135 Å². The highest BCUT2D eigenvalue weighted by Crippen LogP contribution is 2.20. The molecule has 0 spiro atoms. The molecular weight excluding hydrogens is 292 g/mol. The summed E-state index contributed by atoms with van der Waals surface area (Å²) in [5.74, 6) is 0.813. The Morgan fingerprint density at radius 1 is 1.35 bits per heavy atom. The van der Waals surface area contributed by atoms with Crippen molar-refractivity contribution in [1.82, 2.24) is 24.6 Å². The number of hydrogen-bond acceptors (Lipinski definition) is 5. The van der Waals surface area contributed by atoms with Crippen LogP contribution in [0.4, 0.5) is 5.95 Å². The molecule has 0 bridgehead atoms. The summed E-state index contributed by atoms with van der Waals surface area (Å²) >= 11 is 0. The largest absolute Gasteiger partial charge is 0.341 e. The summed E-state index contributed by atoms with van der Waals surface area (Å²) in [5.41, 5.74) is 1.61. The summed E-state index contributed by atoms with van der Waals surface area (Å²) in [7, 11) is 3.69. The molecule has 2 aromatic rings. The van der Waals surface area contributed by atoms with E-state index in [0.717, 1.165) is 37.6 Å². The molecule has 0 unspecified atom stereocenters. The Balaban J connectivity index is 1.61. The van der Waals surface area contributed by atoms with Crippen LogP contribution in [-0.4, -0.2) is 56.7 Å². The first-order chi connectivity index (χ1) is 11.0. The zero-order chi connectivity index (χ0) is 16.4. The van der Waals surface area contributed by atoms with Gasteiger partial charge in [0.25, 0.3) is 5.91 Å². The second-order valence-corrected chi connectivity index (χ2v) is 6.03. The van der Waals surface area contributed by atoms with E-state index < -0.39 is 0 Å². The Bertz CT molecular complexity index is 689. The number of aromatic nitrogens is 4. The van der Waals surface area contributed by atoms with Crippen molar-refractivity contribution in [1.29, 1.82) is 0 Å². The van der Waals surface area contributed by atoms with Gasteiger partial charge in [0, 0.05) is 51.3 Å². The number of amides is 1. The van der Waals surface area contributed by atoms with Crippen LogP contribution in [0.15, 0.2) is 24.7 Å². The number of carbonyl (C=O) groups is 1. The highest BCUT2D eigenvalue weighted by Gasteiger charge is 2.27. The third-order valence-electron chi connectivity index (χ3n) is 4.35. The fourth-order valence-corrected chi connectivity index (χ4v) is 2.94. The second kappa shape index (κ2) is 6.36. The first-order valence-electron chi connectivity index (χ1n) is 7.85. The number of rotatable bonds is 3. The van der Waals surface area contributed by atoms with E-state index in [1.54, 1.807) is 23.3 Å². The van der Waals surface area contributed by atoms with E-state index in [4.69, 9.17) is 0 Å². The van der Waals surface area contributed by atoms with Crippen LogP contribution < -0.4 is 4.90 Å². The fourth-order valence-electron chi connectivity index (χ4n) is 2.94. The SMILES string of the molecule is Cc1ccnc(N2CCC(N(C)C(=O)c3cnn(C)c3)CC2)n1. The molecule has 2 aromatic heterocycles. The summed E-state index contributed by atoms with van der Waals surface area (Å²) in [6, 6.07) is 2.14. The highest BCUT2D eigenvalue weighted by atomic mass is 16.2. The number of nitrogens with zero attached hydrogens (tertiary/aromatic N) is 6. The second-order valence-electron chi connectivity index (χ2n) is 6.03. The maximum atomic E-state index is 12.5. The molecule has 0 aliphatic carbocycles. The summed E-state index contributed by atoms with van der Waals surface area (Å²) in [4.78, 5) is 25.3. The van der Waals surface area contributed by atoms with Crippen LogP contribution in [0.3, 0.4) is 0 Å². The van der Waals surface area contributed by atoms with Gasteiger partial charge in [-0.05, 0) is 25.8 Å². The average molecular weight is 314 g/mol. The predicted octanol–water partition coefficient (Wildman–Crippen LogP) is 1.26. The van der Waals surface area contributed by atoms with E-state index in [9.17, 15) is 4.79 Å². The molecular formula is C16H22N6O. The Morgan fingerprint density at radius 2 is 2.09 bits per heavy atom. The average Bonchev–Trinajstić information content (AvgIpc) is 3.00. The number of aryl methyl sites for hydroxylation is 2. The molecule has 0 N–H and O–H groups in total. The summed E-state index contributed by atoms with van der Waals surface area (Å²) in [5, 5.41) is 4.07. The van der Waals surface area contributed by atoms with Gasteiger partial charge in [-0.1, -0.05) is 0 Å². The molecule has 3 heterocycles. The van der Waals surface area contributed by atoms with Crippen LogP contribution in [-0.2, 0) is 7.05 Å². The van der Waals surface area contributed by atoms with Crippen molar-refractivity contribution >= 4 is 11.9 Å². The van der Waals surface area contributed by atoms with Gasteiger partial charge in [0.05, 0.1) is 11.8 Å². The molecule has 0 aromatic carbocycles. The lowest BCUT2D eigenvalue weighted by Crippen LogP contribution is -2.46. The molecule has 1 fully saturated rings. The zero-order valence-electron chi connectivity index (χ0n) is 13.8. The van der Waals surface area contributed by atoms with Gasteiger partial charge >= 0.3 is 0 Å². The van der Waals surface area contributed by atoms with Gasteiger partial charge in [-0.2, -0.15) is 5.10 Å². The zero-order valence-corrected chi connectivity index (χ0v) is 13.8. The van der Waals surface area contributed by atoms with Gasteiger partial charge in [0.1, 0.15) is 0 Å². The van der Waals surface area contributed by atoms with Crippen molar-refractivity contribution < 1.29 is 4.79 Å². The van der Waals surface area contributed by atoms with Crippen molar-refractivity contribution in [3.63, 3.8) is 0 Å². The van der Waals surface area contributed by atoms with Crippen LogP contribution in [0.25, 0.3) is 0 Å². The molecule has 0 atom stereocenters. The molecule has 23 heavy (non-hydrogen) atoms. The lowest BCUT2D eigenvalue weighted by molar-refractivity contribution is 0.0709. The summed E-state index contributed by atoms with van der Waals surface area (Å²) < 4.78 is 1.65. The number of anilines is 1. The van der Waals surface area contributed by atoms with E-state index in [-0.39, 0.29) is 11.9 Å². The topological polar surface area (TPSA) is 67.2 Å². The molecule has 3 rings (SSSR count). The first-order valence-corrected chi connectivity index (χ1v) is 7.85. The quantitative estimate of drug-likeness (QED) is 0.853. The van der Waals surface area contributed by atoms with E-state index in [1.165, 1.54) is 0 Å². The minimum Gasteiger partial charge on any atom is -0.341 e. The third kappa shape index (κ3) is 3.33. The van der Waals surface area contributed by atoms with E-state index in [1.807, 2.05) is 32.0 Å². The summed E-state index contributed by atoms with van der Waals surface area (Å²) in [6.07, 6.45) is 7.00. The van der Waals surface area contributed by atoms with Gasteiger partial charge < -0.3 is 9.80 Å².